The Bertz CT molecular complexity index is 433. The van der Waals surface area contributed by atoms with Gasteiger partial charge in [-0.15, -0.1) is 0 Å². The van der Waals surface area contributed by atoms with E-state index in [-0.39, 0.29) is 11.9 Å². The van der Waals surface area contributed by atoms with Crippen LogP contribution in [0.1, 0.15) is 12.0 Å². The Hall–Kier alpha value is -1.39. The number of likely N-dealkylation sites (tertiary alicyclic amines) is 1. The van der Waals surface area contributed by atoms with E-state index in [2.05, 4.69) is 4.90 Å². The predicted molar refractivity (Wildman–Crippen MR) is 73.6 cm³/mol. The quantitative estimate of drug-likeness (QED) is 0.866. The molecule has 1 aromatic carbocycles. The summed E-state index contributed by atoms with van der Waals surface area (Å²) in [5, 5.41) is 0. The minimum atomic E-state index is 0.120. The fraction of sp³-hybridized carbons (Fsp3) is 0.500. The Kier molecular flexibility index (Phi) is 3.99. The summed E-state index contributed by atoms with van der Waals surface area (Å²) in [6, 6.07) is 8.21. The summed E-state index contributed by atoms with van der Waals surface area (Å²) in [5.74, 6) is 0.120. The molecule has 0 aliphatic carbocycles. The fourth-order valence-corrected chi connectivity index (χ4v) is 2.28. The van der Waals surface area contributed by atoms with Crippen LogP contribution in [-0.4, -0.2) is 43.5 Å². The molecular weight excluding hydrogens is 226 g/mol. The third-order valence-electron chi connectivity index (χ3n) is 3.43. The number of hydrogen-bond acceptors (Lipinski definition) is 3. The molecule has 0 saturated carbocycles. The lowest BCUT2D eigenvalue weighted by atomic mass is 10.2. The number of aryl methyl sites for hydroxylation is 1. The Morgan fingerprint density at radius 2 is 2.33 bits per heavy atom. The number of hydrogen-bond donors (Lipinski definition) is 1. The molecule has 0 spiro atoms. The van der Waals surface area contributed by atoms with Gasteiger partial charge < -0.3 is 10.6 Å². The predicted octanol–water partition coefficient (Wildman–Crippen LogP) is 0.991. The molecule has 1 aliphatic heterocycles. The van der Waals surface area contributed by atoms with E-state index in [9.17, 15) is 4.79 Å². The third-order valence-corrected chi connectivity index (χ3v) is 3.43. The van der Waals surface area contributed by atoms with Crippen LogP contribution in [0.5, 0.6) is 0 Å². The lowest BCUT2D eigenvalue weighted by Crippen LogP contribution is -2.38. The summed E-state index contributed by atoms with van der Waals surface area (Å²) >= 11 is 0. The van der Waals surface area contributed by atoms with Gasteiger partial charge in [0.25, 0.3) is 0 Å². The average molecular weight is 247 g/mol. The number of amides is 1. The number of likely N-dealkylation sites (N-methyl/N-ethyl adjacent to an activating group) is 1. The van der Waals surface area contributed by atoms with E-state index in [4.69, 9.17) is 5.73 Å². The second-order valence-electron chi connectivity index (χ2n) is 5.08. The molecule has 1 heterocycles. The number of carbonyl (C=O) groups excluding carboxylic acids is 1. The van der Waals surface area contributed by atoms with Crippen molar-refractivity contribution in [1.82, 2.24) is 4.90 Å². The summed E-state index contributed by atoms with van der Waals surface area (Å²) in [7, 11) is 1.83. The standard InChI is InChI=1S/C14H21N3O/c1-11-4-3-5-13(8-11)16(2)14(18)10-17-7-6-12(15)9-17/h3-5,8,12H,6-7,9-10,15H2,1-2H3. The van der Waals surface area contributed by atoms with Gasteiger partial charge in [0.05, 0.1) is 6.54 Å². The Morgan fingerprint density at radius 3 is 2.94 bits per heavy atom. The molecule has 1 aromatic rings. The molecule has 1 fully saturated rings. The van der Waals surface area contributed by atoms with Gasteiger partial charge in [-0.05, 0) is 31.0 Å². The van der Waals surface area contributed by atoms with E-state index < -0.39 is 0 Å². The topological polar surface area (TPSA) is 49.6 Å². The van der Waals surface area contributed by atoms with Crippen LogP contribution in [0.25, 0.3) is 0 Å². The summed E-state index contributed by atoms with van der Waals surface area (Å²) in [6.07, 6.45) is 0.988. The molecule has 1 saturated heterocycles. The van der Waals surface area contributed by atoms with Crippen molar-refractivity contribution in [3.8, 4) is 0 Å². The van der Waals surface area contributed by atoms with Gasteiger partial charge in [-0.3, -0.25) is 9.69 Å². The van der Waals surface area contributed by atoms with Gasteiger partial charge in [0.15, 0.2) is 0 Å². The maximum Gasteiger partial charge on any atom is 0.240 e. The average Bonchev–Trinajstić information content (AvgIpc) is 2.73. The molecular formula is C14H21N3O. The normalized spacial score (nSPS) is 20.1. The minimum Gasteiger partial charge on any atom is -0.326 e. The molecule has 1 aliphatic rings. The highest BCUT2D eigenvalue weighted by molar-refractivity contribution is 5.94. The molecule has 4 nitrogen and oxygen atoms in total. The van der Waals surface area contributed by atoms with Crippen molar-refractivity contribution in [2.45, 2.75) is 19.4 Å². The van der Waals surface area contributed by atoms with E-state index in [0.717, 1.165) is 30.8 Å². The van der Waals surface area contributed by atoms with Crippen molar-refractivity contribution >= 4 is 11.6 Å². The van der Waals surface area contributed by atoms with E-state index >= 15 is 0 Å². The van der Waals surface area contributed by atoms with Crippen molar-refractivity contribution in [3.05, 3.63) is 29.8 Å². The van der Waals surface area contributed by atoms with E-state index in [1.807, 2.05) is 38.2 Å². The molecule has 1 amide bonds. The first-order valence-corrected chi connectivity index (χ1v) is 6.37. The van der Waals surface area contributed by atoms with Gasteiger partial charge in [-0.25, -0.2) is 0 Å². The fourth-order valence-electron chi connectivity index (χ4n) is 2.28. The first-order chi connectivity index (χ1) is 8.56. The van der Waals surface area contributed by atoms with Crippen molar-refractivity contribution in [1.29, 1.82) is 0 Å². The summed E-state index contributed by atoms with van der Waals surface area (Å²) in [5.41, 5.74) is 7.95. The molecule has 4 heteroatoms. The lowest BCUT2D eigenvalue weighted by Gasteiger charge is -2.21. The van der Waals surface area contributed by atoms with Crippen LogP contribution < -0.4 is 10.6 Å². The zero-order valence-electron chi connectivity index (χ0n) is 11.1. The highest BCUT2D eigenvalue weighted by atomic mass is 16.2. The molecule has 0 radical (unpaired) electrons. The third kappa shape index (κ3) is 3.09. The minimum absolute atomic E-state index is 0.120. The zero-order chi connectivity index (χ0) is 13.1. The molecule has 98 valence electrons. The largest absolute Gasteiger partial charge is 0.326 e. The van der Waals surface area contributed by atoms with Crippen LogP contribution in [0.2, 0.25) is 0 Å². The lowest BCUT2D eigenvalue weighted by molar-refractivity contribution is -0.119. The van der Waals surface area contributed by atoms with Crippen LogP contribution in [-0.2, 0) is 4.79 Å². The first kappa shape index (κ1) is 13.1. The van der Waals surface area contributed by atoms with Gasteiger partial charge in [0.2, 0.25) is 5.91 Å². The van der Waals surface area contributed by atoms with E-state index in [1.54, 1.807) is 4.90 Å². The summed E-state index contributed by atoms with van der Waals surface area (Å²) in [4.78, 5) is 16.0. The number of anilines is 1. The van der Waals surface area contributed by atoms with Gasteiger partial charge in [-0.2, -0.15) is 0 Å². The number of rotatable bonds is 3. The smallest absolute Gasteiger partial charge is 0.240 e. The van der Waals surface area contributed by atoms with Crippen molar-refractivity contribution < 1.29 is 4.79 Å². The van der Waals surface area contributed by atoms with Crippen LogP contribution in [0.15, 0.2) is 24.3 Å². The van der Waals surface area contributed by atoms with Crippen molar-refractivity contribution in [3.63, 3.8) is 0 Å². The zero-order valence-corrected chi connectivity index (χ0v) is 11.1. The molecule has 1 unspecified atom stereocenters. The molecule has 2 N–H and O–H groups in total. The number of benzene rings is 1. The Labute approximate surface area is 108 Å². The Morgan fingerprint density at radius 1 is 1.56 bits per heavy atom. The van der Waals surface area contributed by atoms with Crippen LogP contribution in [0, 0.1) is 6.92 Å². The van der Waals surface area contributed by atoms with Gasteiger partial charge in [-0.1, -0.05) is 12.1 Å². The Balaban J connectivity index is 1.96. The SMILES string of the molecule is Cc1cccc(N(C)C(=O)CN2CCC(N)C2)c1. The molecule has 0 bridgehead atoms. The van der Waals surface area contributed by atoms with Gasteiger partial charge in [0, 0.05) is 31.9 Å². The maximum absolute atomic E-state index is 12.2. The number of nitrogens with zero attached hydrogens (tertiary/aromatic N) is 2. The molecule has 0 aromatic heterocycles. The van der Waals surface area contributed by atoms with Gasteiger partial charge >= 0.3 is 0 Å². The van der Waals surface area contributed by atoms with Crippen LogP contribution in [0.3, 0.4) is 0 Å². The van der Waals surface area contributed by atoms with Crippen molar-refractivity contribution in [2.24, 2.45) is 5.73 Å². The monoisotopic (exact) mass is 247 g/mol. The van der Waals surface area contributed by atoms with E-state index in [1.165, 1.54) is 0 Å². The van der Waals surface area contributed by atoms with E-state index in [0.29, 0.717) is 6.54 Å². The number of nitrogens with two attached hydrogens (primary N) is 1. The molecule has 1 atom stereocenters. The highest BCUT2D eigenvalue weighted by Gasteiger charge is 2.22. The second-order valence-corrected chi connectivity index (χ2v) is 5.08. The first-order valence-electron chi connectivity index (χ1n) is 6.37. The highest BCUT2D eigenvalue weighted by Crippen LogP contribution is 2.15. The van der Waals surface area contributed by atoms with Crippen LogP contribution in [0.4, 0.5) is 5.69 Å². The van der Waals surface area contributed by atoms with Gasteiger partial charge in [0.1, 0.15) is 0 Å². The van der Waals surface area contributed by atoms with Crippen LogP contribution >= 0.6 is 0 Å². The van der Waals surface area contributed by atoms with Crippen molar-refractivity contribution in [2.75, 3.05) is 31.6 Å². The second kappa shape index (κ2) is 5.50. The molecule has 2 rings (SSSR count). The number of carbonyl (C=O) groups is 1. The summed E-state index contributed by atoms with van der Waals surface area (Å²) in [6.45, 7) is 4.24. The summed E-state index contributed by atoms with van der Waals surface area (Å²) < 4.78 is 0. The maximum atomic E-state index is 12.2. The molecule has 18 heavy (non-hydrogen) atoms.